The Morgan fingerprint density at radius 3 is 2.27 bits per heavy atom. The fourth-order valence-electron chi connectivity index (χ4n) is 1.86. The third-order valence-electron chi connectivity index (χ3n) is 2.86. The van der Waals surface area contributed by atoms with Crippen molar-refractivity contribution in [2.45, 2.75) is 25.7 Å². The lowest BCUT2D eigenvalue weighted by atomic mass is 9.71. The van der Waals surface area contributed by atoms with E-state index >= 15 is 0 Å². The molecule has 2 rings (SSSR count). The molecule has 61 valence electrons. The number of ether oxygens (including phenoxy) is 1. The predicted molar refractivity (Wildman–Crippen MR) is 40.1 cm³/mol. The van der Waals surface area contributed by atoms with Crippen molar-refractivity contribution < 1.29 is 4.74 Å². The molecule has 0 aromatic carbocycles. The maximum Gasteiger partial charge on any atom is 0.108 e. The molecule has 3 nitrogen and oxygen atoms in total. The number of nitrogens with one attached hydrogen (secondary N) is 1. The third-order valence-corrected chi connectivity index (χ3v) is 2.86. The molecule has 2 aliphatic rings. The van der Waals surface area contributed by atoms with Crippen LogP contribution in [-0.4, -0.2) is 13.2 Å². The molecule has 1 radical (unpaired) electrons. The van der Waals surface area contributed by atoms with Crippen LogP contribution in [0.4, 0.5) is 0 Å². The molecule has 1 saturated heterocycles. The second-order valence-electron chi connectivity index (χ2n) is 3.67. The molecule has 1 saturated carbocycles. The Morgan fingerprint density at radius 2 is 1.91 bits per heavy atom. The minimum atomic E-state index is 0.494. The Labute approximate surface area is 66.6 Å². The van der Waals surface area contributed by atoms with Gasteiger partial charge in [-0.05, 0) is 25.7 Å². The van der Waals surface area contributed by atoms with E-state index in [1.165, 1.54) is 12.8 Å². The van der Waals surface area contributed by atoms with Gasteiger partial charge in [-0.2, -0.15) is 5.11 Å². The summed E-state index contributed by atoms with van der Waals surface area (Å²) in [5.74, 6) is 0. The summed E-state index contributed by atoms with van der Waals surface area (Å²) < 4.78 is 5.20. The van der Waals surface area contributed by atoms with E-state index in [0.717, 1.165) is 32.1 Å². The first-order valence-corrected chi connectivity index (χ1v) is 4.15. The molecule has 0 aromatic heterocycles. The van der Waals surface area contributed by atoms with Gasteiger partial charge in [-0.15, -0.1) is 0 Å². The van der Waals surface area contributed by atoms with E-state index in [-0.39, 0.29) is 0 Å². The molecule has 1 N–H and O–H groups in total. The number of rotatable bonds is 1. The first kappa shape index (κ1) is 7.22. The lowest BCUT2D eigenvalue weighted by Gasteiger charge is -2.45. The highest BCUT2D eigenvalue weighted by atomic mass is 16.5. The summed E-state index contributed by atoms with van der Waals surface area (Å²) in [5.41, 5.74) is 7.35. The van der Waals surface area contributed by atoms with Crippen molar-refractivity contribution in [1.82, 2.24) is 0 Å². The molecule has 1 heterocycles. The van der Waals surface area contributed by atoms with Crippen LogP contribution >= 0.6 is 0 Å². The first-order chi connectivity index (χ1) is 5.35. The van der Waals surface area contributed by atoms with Crippen molar-refractivity contribution in [2.75, 3.05) is 13.2 Å². The van der Waals surface area contributed by atoms with Crippen LogP contribution < -0.4 is 0 Å². The number of nitrogens with zero attached hydrogens (tertiary/aromatic N) is 1. The quantitative estimate of drug-likeness (QED) is 0.576. The highest BCUT2D eigenvalue weighted by Crippen LogP contribution is 2.44. The molecule has 0 aromatic rings. The molecule has 1 aliphatic heterocycles. The second kappa shape index (κ2) is 2.55. The molecular weight excluding hydrogens is 140 g/mol. The molecule has 0 bridgehead atoms. The van der Waals surface area contributed by atoms with Gasteiger partial charge in [0.25, 0.3) is 0 Å². The van der Waals surface area contributed by atoms with Crippen LogP contribution in [-0.2, 0) is 4.74 Å². The standard InChI is InChI=1S/C8H13N2O/c9-10-7-1-3-8(4-2-7)5-11-6-8/h9H,1-6H2. The van der Waals surface area contributed by atoms with Gasteiger partial charge in [-0.1, -0.05) is 0 Å². The third kappa shape index (κ3) is 1.18. The van der Waals surface area contributed by atoms with E-state index in [1.807, 2.05) is 0 Å². The Bertz CT molecular complexity index is 155. The maximum absolute atomic E-state index is 6.86. The topological polar surface area (TPSA) is 45.4 Å². The summed E-state index contributed by atoms with van der Waals surface area (Å²) in [6.07, 6.45) is 4.41. The summed E-state index contributed by atoms with van der Waals surface area (Å²) >= 11 is 0. The lowest BCUT2D eigenvalue weighted by molar-refractivity contribution is -0.128. The van der Waals surface area contributed by atoms with Crippen LogP contribution in [0.1, 0.15) is 25.7 Å². The zero-order valence-corrected chi connectivity index (χ0v) is 6.60. The summed E-state index contributed by atoms with van der Waals surface area (Å²) in [5, 5.41) is 3.50. The van der Waals surface area contributed by atoms with Gasteiger partial charge in [0.05, 0.1) is 13.2 Å². The van der Waals surface area contributed by atoms with Crippen LogP contribution in [0.25, 0.3) is 0 Å². The average molecular weight is 153 g/mol. The molecule has 0 amide bonds. The average Bonchev–Trinajstić information content (AvgIpc) is 2.02. The SMILES string of the molecule is N=N[C]1CCC2(CC1)COC2. The Morgan fingerprint density at radius 1 is 1.27 bits per heavy atom. The van der Waals surface area contributed by atoms with Gasteiger partial charge in [0.1, 0.15) is 6.04 Å². The fourth-order valence-corrected chi connectivity index (χ4v) is 1.86. The smallest absolute Gasteiger partial charge is 0.108 e. The van der Waals surface area contributed by atoms with E-state index in [2.05, 4.69) is 5.11 Å². The van der Waals surface area contributed by atoms with Gasteiger partial charge in [0.2, 0.25) is 0 Å². The van der Waals surface area contributed by atoms with Crippen LogP contribution in [0.15, 0.2) is 5.11 Å². The van der Waals surface area contributed by atoms with Crippen LogP contribution in [0.2, 0.25) is 0 Å². The van der Waals surface area contributed by atoms with Crippen LogP contribution in [0.3, 0.4) is 0 Å². The van der Waals surface area contributed by atoms with E-state index in [4.69, 9.17) is 10.3 Å². The van der Waals surface area contributed by atoms with Gasteiger partial charge in [-0.3, -0.25) is 0 Å². The van der Waals surface area contributed by atoms with Crippen LogP contribution in [0, 0.1) is 17.0 Å². The van der Waals surface area contributed by atoms with Crippen molar-refractivity contribution in [1.29, 1.82) is 5.53 Å². The Kier molecular flexibility index (Phi) is 1.68. The first-order valence-electron chi connectivity index (χ1n) is 4.15. The zero-order chi connectivity index (χ0) is 7.73. The predicted octanol–water partition coefficient (Wildman–Crippen LogP) is 2.14. The van der Waals surface area contributed by atoms with Crippen LogP contribution in [0.5, 0.6) is 0 Å². The van der Waals surface area contributed by atoms with Gasteiger partial charge >= 0.3 is 0 Å². The molecule has 0 unspecified atom stereocenters. The largest absolute Gasteiger partial charge is 0.380 e. The van der Waals surface area contributed by atoms with Crippen molar-refractivity contribution in [2.24, 2.45) is 10.5 Å². The summed E-state index contributed by atoms with van der Waals surface area (Å²) in [7, 11) is 0. The number of hydrogen-bond donors (Lipinski definition) is 1. The summed E-state index contributed by atoms with van der Waals surface area (Å²) in [6.45, 7) is 1.89. The summed E-state index contributed by atoms with van der Waals surface area (Å²) in [4.78, 5) is 0. The Balaban J connectivity index is 1.88. The molecule has 2 fully saturated rings. The normalized spacial score (nSPS) is 29.8. The molecular formula is C8H13N2O. The molecule has 1 aliphatic carbocycles. The monoisotopic (exact) mass is 153 g/mol. The highest BCUT2D eigenvalue weighted by molar-refractivity contribution is 4.99. The van der Waals surface area contributed by atoms with E-state index in [0.29, 0.717) is 5.41 Å². The van der Waals surface area contributed by atoms with Crippen molar-refractivity contribution in [3.05, 3.63) is 6.04 Å². The van der Waals surface area contributed by atoms with Gasteiger partial charge in [-0.25, -0.2) is 5.53 Å². The van der Waals surface area contributed by atoms with E-state index in [9.17, 15) is 0 Å². The fraction of sp³-hybridized carbons (Fsp3) is 0.875. The van der Waals surface area contributed by atoms with Gasteiger partial charge < -0.3 is 4.74 Å². The van der Waals surface area contributed by atoms with Crippen molar-refractivity contribution in [3.63, 3.8) is 0 Å². The number of hydrogen-bond acceptors (Lipinski definition) is 3. The maximum atomic E-state index is 6.86. The van der Waals surface area contributed by atoms with E-state index < -0.39 is 0 Å². The van der Waals surface area contributed by atoms with Gasteiger partial charge in [0, 0.05) is 5.41 Å². The van der Waals surface area contributed by atoms with Crippen molar-refractivity contribution in [3.8, 4) is 0 Å². The van der Waals surface area contributed by atoms with Crippen molar-refractivity contribution >= 4 is 0 Å². The Hall–Kier alpha value is -0.440. The minimum Gasteiger partial charge on any atom is -0.380 e. The molecule has 11 heavy (non-hydrogen) atoms. The molecule has 3 heteroatoms. The zero-order valence-electron chi connectivity index (χ0n) is 6.60. The second-order valence-corrected chi connectivity index (χ2v) is 3.67. The lowest BCUT2D eigenvalue weighted by Crippen LogP contribution is -2.44. The van der Waals surface area contributed by atoms with Gasteiger partial charge in [0.15, 0.2) is 0 Å². The van der Waals surface area contributed by atoms with E-state index in [1.54, 1.807) is 0 Å². The molecule has 0 atom stereocenters. The molecule has 1 spiro atoms. The highest BCUT2D eigenvalue weighted by Gasteiger charge is 2.41. The minimum absolute atomic E-state index is 0.494. The summed E-state index contributed by atoms with van der Waals surface area (Å²) in [6, 6.07) is 1.07.